The number of hydrogen-bond acceptors (Lipinski definition) is 3. The monoisotopic (exact) mass is 204 g/mol. The van der Waals surface area contributed by atoms with Crippen LogP contribution in [-0.4, -0.2) is 18.1 Å². The number of hydrogen-bond donors (Lipinski definition) is 2. The molecular formula is C11H12N2O2. The van der Waals surface area contributed by atoms with Gasteiger partial charge in [-0.25, -0.2) is 4.79 Å². The molecule has 2 aromatic rings. The van der Waals surface area contributed by atoms with Gasteiger partial charge in [0.05, 0.1) is 12.8 Å². The van der Waals surface area contributed by atoms with Crippen molar-refractivity contribution in [3.8, 4) is 0 Å². The molecular weight excluding hydrogens is 192 g/mol. The number of nitrogens with two attached hydrogens (primary N) is 1. The molecule has 1 aromatic carbocycles. The minimum atomic E-state index is -0.443. The molecule has 78 valence electrons. The van der Waals surface area contributed by atoms with Crippen LogP contribution in [0.4, 0.5) is 5.69 Å². The number of aromatic amines is 1. The molecule has 1 heterocycles. The Labute approximate surface area is 87.0 Å². The highest BCUT2D eigenvalue weighted by molar-refractivity contribution is 6.05. The van der Waals surface area contributed by atoms with Crippen LogP contribution in [0.3, 0.4) is 0 Å². The fraction of sp³-hybridized carbons (Fsp3) is 0.182. The van der Waals surface area contributed by atoms with Crippen LogP contribution in [-0.2, 0) is 4.74 Å². The fourth-order valence-electron chi connectivity index (χ4n) is 1.59. The number of nitrogen functional groups attached to an aromatic ring is 1. The summed E-state index contributed by atoms with van der Waals surface area (Å²) >= 11 is 0. The maximum Gasteiger partial charge on any atom is 0.356 e. The molecule has 0 spiro atoms. The number of ether oxygens (including phenoxy) is 1. The van der Waals surface area contributed by atoms with Crippen LogP contribution in [0, 0.1) is 6.92 Å². The van der Waals surface area contributed by atoms with Gasteiger partial charge >= 0.3 is 5.97 Å². The molecule has 4 nitrogen and oxygen atoms in total. The SMILES string of the molecule is COC(=O)c1[nH]c2ccc(C)cc2c1N. The largest absolute Gasteiger partial charge is 0.464 e. The van der Waals surface area contributed by atoms with Crippen LogP contribution in [0.1, 0.15) is 16.1 Å². The molecule has 0 saturated carbocycles. The molecule has 0 aliphatic heterocycles. The van der Waals surface area contributed by atoms with Crippen molar-refractivity contribution in [2.75, 3.05) is 12.8 Å². The highest BCUT2D eigenvalue weighted by Crippen LogP contribution is 2.26. The summed E-state index contributed by atoms with van der Waals surface area (Å²) in [6.07, 6.45) is 0. The van der Waals surface area contributed by atoms with Crippen LogP contribution >= 0.6 is 0 Å². The molecule has 15 heavy (non-hydrogen) atoms. The standard InChI is InChI=1S/C11H12N2O2/c1-6-3-4-8-7(5-6)9(12)10(13-8)11(14)15-2/h3-5,13H,12H2,1-2H3. The van der Waals surface area contributed by atoms with E-state index in [2.05, 4.69) is 9.72 Å². The van der Waals surface area contributed by atoms with Gasteiger partial charge in [0.2, 0.25) is 0 Å². The molecule has 0 saturated heterocycles. The third-order valence-corrected chi connectivity index (χ3v) is 2.38. The summed E-state index contributed by atoms with van der Waals surface area (Å²) in [6, 6.07) is 5.79. The molecule has 0 amide bonds. The lowest BCUT2D eigenvalue weighted by Crippen LogP contribution is -2.04. The van der Waals surface area contributed by atoms with Crippen molar-refractivity contribution in [3.05, 3.63) is 29.5 Å². The molecule has 3 N–H and O–H groups in total. The number of nitrogens with one attached hydrogen (secondary N) is 1. The lowest BCUT2D eigenvalue weighted by Gasteiger charge is -1.96. The second kappa shape index (κ2) is 3.31. The van der Waals surface area contributed by atoms with Crippen molar-refractivity contribution in [1.82, 2.24) is 4.98 Å². The molecule has 0 unspecified atom stereocenters. The lowest BCUT2D eigenvalue weighted by atomic mass is 10.1. The van der Waals surface area contributed by atoms with E-state index in [1.807, 2.05) is 25.1 Å². The quantitative estimate of drug-likeness (QED) is 0.696. The van der Waals surface area contributed by atoms with Gasteiger partial charge in [-0.2, -0.15) is 0 Å². The van der Waals surface area contributed by atoms with Crippen LogP contribution in [0.5, 0.6) is 0 Å². The third kappa shape index (κ3) is 1.44. The maximum absolute atomic E-state index is 11.4. The summed E-state index contributed by atoms with van der Waals surface area (Å²) in [5.41, 5.74) is 8.56. The Morgan fingerprint density at radius 1 is 1.47 bits per heavy atom. The molecule has 0 atom stereocenters. The number of aromatic nitrogens is 1. The zero-order chi connectivity index (χ0) is 11.0. The average molecular weight is 204 g/mol. The number of methoxy groups -OCH3 is 1. The maximum atomic E-state index is 11.4. The van der Waals surface area contributed by atoms with Gasteiger partial charge in [0.15, 0.2) is 0 Å². The van der Waals surface area contributed by atoms with Crippen LogP contribution in [0.25, 0.3) is 10.9 Å². The van der Waals surface area contributed by atoms with Crippen LogP contribution in [0.15, 0.2) is 18.2 Å². The van der Waals surface area contributed by atoms with Gasteiger partial charge in [-0.15, -0.1) is 0 Å². The first-order chi connectivity index (χ1) is 7.13. The number of esters is 1. The average Bonchev–Trinajstić information content (AvgIpc) is 2.55. The fourth-order valence-corrected chi connectivity index (χ4v) is 1.59. The van der Waals surface area contributed by atoms with Gasteiger partial charge in [0, 0.05) is 10.9 Å². The van der Waals surface area contributed by atoms with Gasteiger partial charge in [-0.05, 0) is 19.1 Å². The Morgan fingerprint density at radius 2 is 2.20 bits per heavy atom. The molecule has 0 radical (unpaired) electrons. The normalized spacial score (nSPS) is 10.5. The second-order valence-corrected chi connectivity index (χ2v) is 3.45. The Kier molecular flexibility index (Phi) is 2.11. The number of rotatable bonds is 1. The highest BCUT2D eigenvalue weighted by atomic mass is 16.5. The van der Waals surface area contributed by atoms with E-state index in [-0.39, 0.29) is 0 Å². The van der Waals surface area contributed by atoms with E-state index in [9.17, 15) is 4.79 Å². The van der Waals surface area contributed by atoms with Gasteiger partial charge in [0.25, 0.3) is 0 Å². The third-order valence-electron chi connectivity index (χ3n) is 2.38. The first-order valence-electron chi connectivity index (χ1n) is 4.59. The van der Waals surface area contributed by atoms with Crippen molar-refractivity contribution in [3.63, 3.8) is 0 Å². The van der Waals surface area contributed by atoms with Crippen molar-refractivity contribution < 1.29 is 9.53 Å². The van der Waals surface area contributed by atoms with E-state index in [1.165, 1.54) is 7.11 Å². The van der Waals surface area contributed by atoms with Crippen molar-refractivity contribution in [2.24, 2.45) is 0 Å². The Hall–Kier alpha value is -1.97. The minimum Gasteiger partial charge on any atom is -0.464 e. The number of carbonyl (C=O) groups is 1. The van der Waals surface area contributed by atoms with Gasteiger partial charge in [-0.1, -0.05) is 11.6 Å². The zero-order valence-corrected chi connectivity index (χ0v) is 8.63. The number of fused-ring (bicyclic) bond motifs is 1. The Balaban J connectivity index is 2.69. The van der Waals surface area contributed by atoms with E-state index in [4.69, 9.17) is 5.73 Å². The molecule has 0 fully saturated rings. The van der Waals surface area contributed by atoms with E-state index < -0.39 is 5.97 Å². The first kappa shape index (κ1) is 9.58. The highest BCUT2D eigenvalue weighted by Gasteiger charge is 2.15. The number of carbonyl (C=O) groups excluding carboxylic acids is 1. The summed E-state index contributed by atoms with van der Waals surface area (Å²) < 4.78 is 4.63. The predicted molar refractivity (Wildman–Crippen MR) is 58.8 cm³/mol. The van der Waals surface area contributed by atoms with Crippen LogP contribution < -0.4 is 5.73 Å². The molecule has 1 aromatic heterocycles. The van der Waals surface area contributed by atoms with Crippen molar-refractivity contribution in [2.45, 2.75) is 6.92 Å². The summed E-state index contributed by atoms with van der Waals surface area (Å²) in [4.78, 5) is 14.3. The summed E-state index contributed by atoms with van der Waals surface area (Å²) in [7, 11) is 1.33. The Bertz CT molecular complexity index is 529. The topological polar surface area (TPSA) is 68.1 Å². The zero-order valence-electron chi connectivity index (χ0n) is 8.63. The van der Waals surface area contributed by atoms with E-state index in [1.54, 1.807) is 0 Å². The number of aryl methyl sites for hydroxylation is 1. The van der Waals surface area contributed by atoms with E-state index in [0.717, 1.165) is 16.5 Å². The first-order valence-corrected chi connectivity index (χ1v) is 4.59. The second-order valence-electron chi connectivity index (χ2n) is 3.45. The van der Waals surface area contributed by atoms with Crippen molar-refractivity contribution >= 4 is 22.6 Å². The number of H-pyrrole nitrogens is 1. The van der Waals surface area contributed by atoms with Crippen molar-refractivity contribution in [1.29, 1.82) is 0 Å². The molecule has 4 heteroatoms. The smallest absolute Gasteiger partial charge is 0.356 e. The number of anilines is 1. The molecule has 0 aliphatic carbocycles. The van der Waals surface area contributed by atoms with E-state index >= 15 is 0 Å². The molecule has 0 bridgehead atoms. The minimum absolute atomic E-state index is 0.318. The van der Waals surface area contributed by atoms with Gasteiger partial charge < -0.3 is 15.5 Å². The lowest BCUT2D eigenvalue weighted by molar-refractivity contribution is 0.0596. The predicted octanol–water partition coefficient (Wildman–Crippen LogP) is 1.85. The number of benzene rings is 1. The summed E-state index contributed by atoms with van der Waals surface area (Å²) in [5, 5.41) is 0.857. The summed E-state index contributed by atoms with van der Waals surface area (Å²) in [6.45, 7) is 1.98. The van der Waals surface area contributed by atoms with Gasteiger partial charge in [-0.3, -0.25) is 0 Å². The molecule has 0 aliphatic rings. The molecule has 2 rings (SSSR count). The van der Waals surface area contributed by atoms with Crippen LogP contribution in [0.2, 0.25) is 0 Å². The summed E-state index contributed by atoms with van der Waals surface area (Å²) in [5.74, 6) is -0.443. The van der Waals surface area contributed by atoms with E-state index in [0.29, 0.717) is 11.4 Å². The Morgan fingerprint density at radius 3 is 2.87 bits per heavy atom. The van der Waals surface area contributed by atoms with Gasteiger partial charge in [0.1, 0.15) is 5.69 Å².